The highest BCUT2D eigenvalue weighted by Gasteiger charge is 2.17. The number of rotatable bonds is 6. The predicted octanol–water partition coefficient (Wildman–Crippen LogP) is 2.09. The molecule has 1 aliphatic rings. The molecule has 0 aromatic rings. The molecule has 100 valence electrons. The van der Waals surface area contributed by atoms with Crippen LogP contribution in [0.4, 0.5) is 0 Å². The van der Waals surface area contributed by atoms with Gasteiger partial charge >= 0.3 is 0 Å². The summed E-state index contributed by atoms with van der Waals surface area (Å²) in [7, 11) is 0. The fourth-order valence-electron chi connectivity index (χ4n) is 2.06. The van der Waals surface area contributed by atoms with E-state index in [1.165, 1.54) is 19.3 Å². The number of thiocarbonyl (C=S) groups is 1. The monoisotopic (exact) mass is 258 g/mol. The van der Waals surface area contributed by atoms with Crippen LogP contribution in [0.15, 0.2) is 0 Å². The second-order valence-corrected chi connectivity index (χ2v) is 5.49. The molecule has 4 heteroatoms. The first-order valence-electron chi connectivity index (χ1n) is 6.76. The van der Waals surface area contributed by atoms with Gasteiger partial charge in [-0.3, -0.25) is 0 Å². The van der Waals surface area contributed by atoms with Crippen molar-refractivity contribution in [3.05, 3.63) is 0 Å². The molecule has 3 N–H and O–H groups in total. The Morgan fingerprint density at radius 1 is 1.47 bits per heavy atom. The van der Waals surface area contributed by atoms with Gasteiger partial charge in [-0.15, -0.1) is 0 Å². The third kappa shape index (κ3) is 5.32. The maximum Gasteiger partial charge on any atom is 0.0926 e. The topological polar surface area (TPSA) is 47.3 Å². The summed E-state index contributed by atoms with van der Waals surface area (Å²) in [5, 5.41) is 3.31. The Bertz CT molecular complexity index is 229. The van der Waals surface area contributed by atoms with Gasteiger partial charge in [0.1, 0.15) is 0 Å². The van der Waals surface area contributed by atoms with E-state index in [1.807, 2.05) is 0 Å². The minimum absolute atomic E-state index is 0.00434. The highest BCUT2D eigenvalue weighted by Crippen LogP contribution is 2.17. The normalized spacial score (nSPS) is 20.9. The largest absolute Gasteiger partial charge is 0.381 e. The van der Waals surface area contributed by atoms with Gasteiger partial charge < -0.3 is 15.8 Å². The molecular formula is C13H26N2OS. The molecule has 0 amide bonds. The maximum atomic E-state index is 6.07. The zero-order valence-corrected chi connectivity index (χ0v) is 11.9. The van der Waals surface area contributed by atoms with Crippen molar-refractivity contribution in [2.75, 3.05) is 19.8 Å². The smallest absolute Gasteiger partial charge is 0.0926 e. The van der Waals surface area contributed by atoms with Crippen molar-refractivity contribution in [2.24, 2.45) is 17.6 Å². The van der Waals surface area contributed by atoms with Crippen molar-refractivity contribution in [1.29, 1.82) is 0 Å². The molecule has 0 aromatic carbocycles. The Labute approximate surface area is 110 Å². The molecule has 1 aliphatic heterocycles. The molecule has 0 saturated carbocycles. The number of ether oxygens (including phenoxy) is 1. The van der Waals surface area contributed by atoms with Gasteiger partial charge in [-0.05, 0) is 31.1 Å². The second kappa shape index (κ2) is 8.01. The lowest BCUT2D eigenvalue weighted by Gasteiger charge is -2.24. The van der Waals surface area contributed by atoms with Crippen LogP contribution < -0.4 is 11.1 Å². The Kier molecular flexibility index (Phi) is 7.00. The molecule has 0 aliphatic carbocycles. The van der Waals surface area contributed by atoms with Gasteiger partial charge in [-0.2, -0.15) is 0 Å². The Morgan fingerprint density at radius 2 is 2.12 bits per heavy atom. The Hall–Kier alpha value is -0.190. The van der Waals surface area contributed by atoms with Crippen molar-refractivity contribution in [1.82, 2.24) is 5.32 Å². The van der Waals surface area contributed by atoms with E-state index in [0.29, 0.717) is 5.92 Å². The van der Waals surface area contributed by atoms with Crippen molar-refractivity contribution < 1.29 is 4.74 Å². The minimum atomic E-state index is 0.00434. The molecule has 0 spiro atoms. The first-order chi connectivity index (χ1) is 8.15. The highest BCUT2D eigenvalue weighted by molar-refractivity contribution is 7.80. The number of hydrogen-bond acceptors (Lipinski definition) is 3. The average Bonchev–Trinajstić information content (AvgIpc) is 2.38. The van der Waals surface area contributed by atoms with Crippen LogP contribution in [-0.4, -0.2) is 30.8 Å². The van der Waals surface area contributed by atoms with Gasteiger partial charge in [0, 0.05) is 19.8 Å². The molecule has 1 rings (SSSR count). The lowest BCUT2D eigenvalue weighted by molar-refractivity contribution is 0.0643. The van der Waals surface area contributed by atoms with E-state index >= 15 is 0 Å². The van der Waals surface area contributed by atoms with Crippen molar-refractivity contribution in [3.63, 3.8) is 0 Å². The van der Waals surface area contributed by atoms with Crippen molar-refractivity contribution in [2.45, 2.75) is 45.6 Å². The summed E-state index contributed by atoms with van der Waals surface area (Å²) in [6.07, 6.45) is 4.62. The van der Waals surface area contributed by atoms with Gasteiger partial charge in [0.25, 0.3) is 0 Å². The van der Waals surface area contributed by atoms with E-state index < -0.39 is 0 Å². The van der Waals surface area contributed by atoms with Crippen LogP contribution in [0, 0.1) is 11.8 Å². The zero-order valence-electron chi connectivity index (χ0n) is 11.1. The summed E-state index contributed by atoms with van der Waals surface area (Å²) < 4.78 is 5.35. The third-order valence-electron chi connectivity index (χ3n) is 3.75. The minimum Gasteiger partial charge on any atom is -0.381 e. The van der Waals surface area contributed by atoms with E-state index in [4.69, 9.17) is 22.7 Å². The van der Waals surface area contributed by atoms with Gasteiger partial charge in [0.05, 0.1) is 11.0 Å². The molecular weight excluding hydrogens is 232 g/mol. The van der Waals surface area contributed by atoms with E-state index in [0.717, 1.165) is 37.1 Å². The number of nitrogens with two attached hydrogens (primary N) is 1. The van der Waals surface area contributed by atoms with Gasteiger partial charge in [0.15, 0.2) is 0 Å². The molecule has 17 heavy (non-hydrogen) atoms. The summed E-state index contributed by atoms with van der Waals surface area (Å²) in [5.74, 6) is 1.25. The highest BCUT2D eigenvalue weighted by atomic mass is 32.1. The SMILES string of the molecule is CCC(C)[C@H](N)C(=S)NCCC1CCOCC1. The zero-order chi connectivity index (χ0) is 12.7. The fraction of sp³-hybridized carbons (Fsp3) is 0.923. The average molecular weight is 258 g/mol. The first-order valence-corrected chi connectivity index (χ1v) is 7.17. The molecule has 1 heterocycles. The molecule has 0 bridgehead atoms. The van der Waals surface area contributed by atoms with E-state index in [-0.39, 0.29) is 6.04 Å². The molecule has 0 radical (unpaired) electrons. The number of hydrogen-bond donors (Lipinski definition) is 2. The Morgan fingerprint density at radius 3 is 2.71 bits per heavy atom. The molecule has 3 nitrogen and oxygen atoms in total. The summed E-state index contributed by atoms with van der Waals surface area (Å²) in [6.45, 7) is 7.09. The molecule has 1 unspecified atom stereocenters. The van der Waals surface area contributed by atoms with Crippen LogP contribution in [-0.2, 0) is 4.74 Å². The van der Waals surface area contributed by atoms with E-state index in [9.17, 15) is 0 Å². The van der Waals surface area contributed by atoms with Gasteiger partial charge in [0.2, 0.25) is 0 Å². The van der Waals surface area contributed by atoms with Crippen LogP contribution in [0.2, 0.25) is 0 Å². The van der Waals surface area contributed by atoms with Crippen LogP contribution >= 0.6 is 12.2 Å². The maximum absolute atomic E-state index is 6.07. The summed E-state index contributed by atoms with van der Waals surface area (Å²) >= 11 is 5.33. The molecule has 1 fully saturated rings. The molecule has 2 atom stereocenters. The summed E-state index contributed by atoms with van der Waals surface area (Å²) in [6, 6.07) is 0.00434. The van der Waals surface area contributed by atoms with Crippen LogP contribution in [0.1, 0.15) is 39.5 Å². The van der Waals surface area contributed by atoms with Crippen LogP contribution in [0.3, 0.4) is 0 Å². The van der Waals surface area contributed by atoms with Crippen LogP contribution in [0.25, 0.3) is 0 Å². The third-order valence-corrected chi connectivity index (χ3v) is 4.17. The predicted molar refractivity (Wildman–Crippen MR) is 76.2 cm³/mol. The molecule has 0 aromatic heterocycles. The lowest BCUT2D eigenvalue weighted by atomic mass is 9.96. The standard InChI is InChI=1S/C13H26N2OS/c1-3-10(2)12(14)13(17)15-7-4-11-5-8-16-9-6-11/h10-12H,3-9,14H2,1-2H3,(H,15,17)/t10?,12-/m0/s1. The molecule has 1 saturated heterocycles. The lowest BCUT2D eigenvalue weighted by Crippen LogP contribution is -2.43. The van der Waals surface area contributed by atoms with Crippen molar-refractivity contribution >= 4 is 17.2 Å². The quantitative estimate of drug-likeness (QED) is 0.716. The summed E-state index contributed by atoms with van der Waals surface area (Å²) in [4.78, 5) is 0.825. The van der Waals surface area contributed by atoms with Gasteiger partial charge in [-0.25, -0.2) is 0 Å². The number of nitrogens with one attached hydrogen (secondary N) is 1. The Balaban J connectivity index is 2.14. The van der Waals surface area contributed by atoms with Crippen molar-refractivity contribution in [3.8, 4) is 0 Å². The van der Waals surface area contributed by atoms with Crippen LogP contribution in [0.5, 0.6) is 0 Å². The van der Waals surface area contributed by atoms with Gasteiger partial charge in [-0.1, -0.05) is 32.5 Å². The van der Waals surface area contributed by atoms with E-state index in [1.54, 1.807) is 0 Å². The fourth-order valence-corrected chi connectivity index (χ4v) is 2.40. The second-order valence-electron chi connectivity index (χ2n) is 5.05. The summed E-state index contributed by atoms with van der Waals surface area (Å²) in [5.41, 5.74) is 6.07. The first kappa shape index (κ1) is 14.9. The van der Waals surface area contributed by atoms with E-state index in [2.05, 4.69) is 19.2 Å².